The first kappa shape index (κ1) is 14.1. The molecule has 2 rings (SSSR count). The average Bonchev–Trinajstić information content (AvgIpc) is 2.46. The summed E-state index contributed by atoms with van der Waals surface area (Å²) in [6, 6.07) is 10.3. The molecule has 0 amide bonds. The van der Waals surface area contributed by atoms with Crippen molar-refractivity contribution in [3.05, 3.63) is 63.4 Å². The van der Waals surface area contributed by atoms with Gasteiger partial charge in [0.15, 0.2) is 0 Å². The van der Waals surface area contributed by atoms with E-state index in [-0.39, 0.29) is 13.2 Å². The Labute approximate surface area is 115 Å². The number of hydrogen-bond acceptors (Lipinski definition) is 4. The van der Waals surface area contributed by atoms with Crippen LogP contribution in [-0.4, -0.2) is 27.0 Å². The van der Waals surface area contributed by atoms with Gasteiger partial charge in [-0.15, -0.1) is 0 Å². The van der Waals surface area contributed by atoms with E-state index in [0.717, 1.165) is 4.57 Å². The van der Waals surface area contributed by atoms with Crippen LogP contribution in [-0.2, 0) is 13.6 Å². The van der Waals surface area contributed by atoms with Gasteiger partial charge in [0.2, 0.25) is 0 Å². The molecule has 0 aliphatic carbocycles. The summed E-state index contributed by atoms with van der Waals surface area (Å²) in [4.78, 5) is 23.4. The summed E-state index contributed by atoms with van der Waals surface area (Å²) >= 11 is 0. The summed E-state index contributed by atoms with van der Waals surface area (Å²) in [5, 5.41) is 9.87. The van der Waals surface area contributed by atoms with Gasteiger partial charge in [0.05, 0.1) is 6.54 Å². The van der Waals surface area contributed by atoms with Crippen molar-refractivity contribution >= 4 is 0 Å². The molecule has 106 valence electrons. The number of aryl methyl sites for hydroxylation is 1. The van der Waals surface area contributed by atoms with Crippen LogP contribution >= 0.6 is 0 Å². The third-order valence-electron chi connectivity index (χ3n) is 2.82. The Morgan fingerprint density at radius 2 is 1.90 bits per heavy atom. The summed E-state index contributed by atoms with van der Waals surface area (Å²) in [5.41, 5.74) is -0.900. The predicted octanol–water partition coefficient (Wildman–Crippen LogP) is -0.0131. The Bertz CT molecular complexity index is 676. The molecule has 1 aromatic carbocycles. The molecule has 1 unspecified atom stereocenters. The van der Waals surface area contributed by atoms with E-state index in [1.54, 1.807) is 19.2 Å². The third kappa shape index (κ3) is 3.36. The largest absolute Gasteiger partial charge is 0.491 e. The lowest BCUT2D eigenvalue weighted by Crippen LogP contribution is -2.41. The summed E-state index contributed by atoms with van der Waals surface area (Å²) in [6.45, 7) is -0.0896. The highest BCUT2D eigenvalue weighted by molar-refractivity contribution is 5.20. The van der Waals surface area contributed by atoms with E-state index < -0.39 is 17.4 Å². The summed E-state index contributed by atoms with van der Waals surface area (Å²) < 4.78 is 7.64. The Kier molecular flexibility index (Phi) is 4.37. The van der Waals surface area contributed by atoms with Crippen molar-refractivity contribution in [2.75, 3.05) is 6.61 Å². The number of hydrogen-bond donors (Lipinski definition) is 1. The molecular formula is C14H16N2O4. The van der Waals surface area contributed by atoms with Crippen molar-refractivity contribution in [1.82, 2.24) is 9.13 Å². The van der Waals surface area contributed by atoms with Crippen molar-refractivity contribution in [3.8, 4) is 5.75 Å². The van der Waals surface area contributed by atoms with E-state index >= 15 is 0 Å². The first-order chi connectivity index (χ1) is 9.58. The molecule has 0 radical (unpaired) electrons. The highest BCUT2D eigenvalue weighted by Crippen LogP contribution is 2.08. The highest BCUT2D eigenvalue weighted by Gasteiger charge is 2.10. The highest BCUT2D eigenvalue weighted by atomic mass is 16.5. The maximum Gasteiger partial charge on any atom is 0.330 e. The number of rotatable bonds is 5. The van der Waals surface area contributed by atoms with E-state index in [9.17, 15) is 14.7 Å². The van der Waals surface area contributed by atoms with Crippen LogP contribution in [0.4, 0.5) is 0 Å². The number of para-hydroxylation sites is 1. The fraction of sp³-hybridized carbons (Fsp3) is 0.286. The summed E-state index contributed by atoms with van der Waals surface area (Å²) in [7, 11) is 1.55. The monoisotopic (exact) mass is 276 g/mol. The predicted molar refractivity (Wildman–Crippen MR) is 73.9 cm³/mol. The fourth-order valence-electron chi connectivity index (χ4n) is 1.75. The normalized spacial score (nSPS) is 12.1. The second-order valence-corrected chi connectivity index (χ2v) is 4.44. The molecule has 6 heteroatoms. The number of nitrogens with zero attached hydrogens (tertiary/aromatic N) is 2. The number of aromatic nitrogens is 2. The molecule has 1 aromatic heterocycles. The van der Waals surface area contributed by atoms with E-state index in [2.05, 4.69) is 0 Å². The second kappa shape index (κ2) is 6.21. The van der Waals surface area contributed by atoms with Crippen molar-refractivity contribution in [3.63, 3.8) is 0 Å². The standard InChI is InChI=1S/C14H16N2O4/c1-15-8-7-13(18)16(14(15)19)9-11(17)10-20-12-5-3-2-4-6-12/h2-8,11,17H,9-10H2,1H3. The first-order valence-corrected chi connectivity index (χ1v) is 6.20. The molecular weight excluding hydrogens is 260 g/mol. The molecule has 6 nitrogen and oxygen atoms in total. The van der Waals surface area contributed by atoms with Crippen LogP contribution in [0.5, 0.6) is 5.75 Å². The van der Waals surface area contributed by atoms with Crippen LogP contribution in [0, 0.1) is 0 Å². The minimum atomic E-state index is -0.942. The number of aliphatic hydroxyl groups is 1. The fourth-order valence-corrected chi connectivity index (χ4v) is 1.75. The Balaban J connectivity index is 2.02. The van der Waals surface area contributed by atoms with Gasteiger partial charge < -0.3 is 14.4 Å². The quantitative estimate of drug-likeness (QED) is 0.833. The molecule has 0 fully saturated rings. The van der Waals surface area contributed by atoms with Gasteiger partial charge in [-0.2, -0.15) is 0 Å². The molecule has 1 atom stereocenters. The zero-order valence-electron chi connectivity index (χ0n) is 11.1. The summed E-state index contributed by atoms with van der Waals surface area (Å²) in [5.74, 6) is 0.625. The van der Waals surface area contributed by atoms with Gasteiger partial charge in [0.1, 0.15) is 18.5 Å². The van der Waals surface area contributed by atoms with Crippen LogP contribution in [0.15, 0.2) is 52.2 Å². The van der Waals surface area contributed by atoms with Crippen molar-refractivity contribution in [2.45, 2.75) is 12.6 Å². The lowest BCUT2D eigenvalue weighted by molar-refractivity contribution is 0.0901. The molecule has 2 aromatic rings. The van der Waals surface area contributed by atoms with Gasteiger partial charge in [-0.05, 0) is 12.1 Å². The zero-order valence-corrected chi connectivity index (χ0v) is 11.1. The van der Waals surface area contributed by atoms with Crippen molar-refractivity contribution in [1.29, 1.82) is 0 Å². The van der Waals surface area contributed by atoms with Crippen molar-refractivity contribution < 1.29 is 9.84 Å². The van der Waals surface area contributed by atoms with Gasteiger partial charge >= 0.3 is 5.69 Å². The van der Waals surface area contributed by atoms with E-state index in [4.69, 9.17) is 4.74 Å². The van der Waals surface area contributed by atoms with Gasteiger partial charge in [0.25, 0.3) is 5.56 Å². The number of aliphatic hydroxyl groups excluding tert-OH is 1. The van der Waals surface area contributed by atoms with E-state index in [1.165, 1.54) is 16.8 Å². The molecule has 0 saturated heterocycles. The molecule has 1 heterocycles. The van der Waals surface area contributed by atoms with Gasteiger partial charge in [-0.25, -0.2) is 4.79 Å². The lowest BCUT2D eigenvalue weighted by Gasteiger charge is -2.13. The third-order valence-corrected chi connectivity index (χ3v) is 2.82. The lowest BCUT2D eigenvalue weighted by atomic mass is 10.3. The van der Waals surface area contributed by atoms with Gasteiger partial charge in [-0.3, -0.25) is 9.36 Å². The van der Waals surface area contributed by atoms with E-state index in [0.29, 0.717) is 5.75 Å². The first-order valence-electron chi connectivity index (χ1n) is 6.20. The van der Waals surface area contributed by atoms with E-state index in [1.807, 2.05) is 18.2 Å². The van der Waals surface area contributed by atoms with Crippen LogP contribution in [0.1, 0.15) is 0 Å². The molecule has 0 saturated carbocycles. The second-order valence-electron chi connectivity index (χ2n) is 4.44. The van der Waals surface area contributed by atoms with Crippen LogP contribution in [0.3, 0.4) is 0 Å². The Morgan fingerprint density at radius 1 is 1.20 bits per heavy atom. The SMILES string of the molecule is Cn1ccc(=O)n(CC(O)COc2ccccc2)c1=O. The summed E-state index contributed by atoms with van der Waals surface area (Å²) in [6.07, 6.45) is 0.455. The van der Waals surface area contributed by atoms with Crippen molar-refractivity contribution in [2.24, 2.45) is 7.05 Å². The van der Waals surface area contributed by atoms with Crippen LogP contribution in [0.2, 0.25) is 0 Å². The maximum atomic E-state index is 11.8. The molecule has 0 aliphatic rings. The Morgan fingerprint density at radius 3 is 2.60 bits per heavy atom. The van der Waals surface area contributed by atoms with Crippen LogP contribution < -0.4 is 16.0 Å². The minimum absolute atomic E-state index is 0.00843. The molecule has 0 bridgehead atoms. The molecule has 0 aliphatic heterocycles. The molecule has 20 heavy (non-hydrogen) atoms. The van der Waals surface area contributed by atoms with Crippen LogP contribution in [0.25, 0.3) is 0 Å². The van der Waals surface area contributed by atoms with Gasteiger partial charge in [0, 0.05) is 19.3 Å². The minimum Gasteiger partial charge on any atom is -0.491 e. The molecule has 0 spiro atoms. The topological polar surface area (TPSA) is 73.5 Å². The average molecular weight is 276 g/mol. The smallest absolute Gasteiger partial charge is 0.330 e. The maximum absolute atomic E-state index is 11.8. The number of ether oxygens (including phenoxy) is 1. The van der Waals surface area contributed by atoms with Gasteiger partial charge in [-0.1, -0.05) is 18.2 Å². The molecule has 1 N–H and O–H groups in total. The number of benzene rings is 1. The Hall–Kier alpha value is -2.34. The zero-order chi connectivity index (χ0) is 14.5.